The third-order valence-electron chi connectivity index (χ3n) is 0. The van der Waals surface area contributed by atoms with Gasteiger partial charge in [-0.3, -0.25) is 4.79 Å². The second-order valence-corrected chi connectivity index (χ2v) is 0.519. The Hall–Kier alpha value is 0.158. The molecule has 0 spiro atoms. The van der Waals surface area contributed by atoms with Crippen LogP contribution in [0.4, 0.5) is 0 Å². The quantitative estimate of drug-likeness (QED) is 0.666. The molecule has 0 aromatic rings. The molecule has 0 atom stereocenters. The average molecular weight is 255 g/mol. The number of rotatable bonds is 0. The molecule has 1 N–H and O–H groups in total. The van der Waals surface area contributed by atoms with Gasteiger partial charge >= 0.3 is 0 Å². The molecule has 0 radical (unpaired) electrons. The van der Waals surface area contributed by atoms with Crippen LogP contribution in [-0.4, -0.2) is 11.1 Å². The molecule has 0 aliphatic heterocycles. The van der Waals surface area contributed by atoms with E-state index in [0.717, 1.165) is 6.92 Å². The van der Waals surface area contributed by atoms with Crippen molar-refractivity contribution < 1.29 is 31.0 Å². The molecule has 34 valence electrons. The van der Waals surface area contributed by atoms with Crippen LogP contribution in [0.1, 0.15) is 6.92 Å². The summed E-state index contributed by atoms with van der Waals surface area (Å²) >= 11 is 0. The summed E-state index contributed by atoms with van der Waals surface area (Å²) in [5.74, 6) is -0.833. The summed E-state index contributed by atoms with van der Waals surface area (Å²) in [5, 5.41) is 7.42. The minimum Gasteiger partial charge on any atom is -0.481 e. The minimum absolute atomic E-state index is 0. The number of hydrogen-bond acceptors (Lipinski definition) is 1. The number of carbonyl (C=O) groups is 1. The van der Waals surface area contributed by atoms with Crippen LogP contribution in [0.3, 0.4) is 0 Å². The molecule has 0 aromatic heterocycles. The van der Waals surface area contributed by atoms with E-state index in [9.17, 15) is 0 Å². The van der Waals surface area contributed by atoms with Crippen molar-refractivity contribution in [1.29, 1.82) is 0 Å². The normalized spacial score (nSPS) is 5.00. The fourth-order valence-electron chi connectivity index (χ4n) is 0. The summed E-state index contributed by atoms with van der Waals surface area (Å²) in [6.07, 6.45) is 0. The Balaban J connectivity index is 0. The molecule has 2 nitrogen and oxygen atoms in total. The molecule has 0 aromatic carbocycles. The molecule has 0 saturated carbocycles. The van der Waals surface area contributed by atoms with Gasteiger partial charge in [0, 0.05) is 28.0 Å². The Kier molecular flexibility index (Phi) is 7.44. The first kappa shape index (κ1) is 8.94. The average Bonchev–Trinajstić information content (AvgIpc) is 0.811. The van der Waals surface area contributed by atoms with Crippen LogP contribution in [0.15, 0.2) is 0 Å². The fourth-order valence-corrected chi connectivity index (χ4v) is 0. The predicted octanol–water partition coefficient (Wildman–Crippen LogP) is 0.0884. The van der Waals surface area contributed by atoms with Gasteiger partial charge in [-0.05, 0) is 0 Å². The van der Waals surface area contributed by atoms with Crippen LogP contribution < -0.4 is 0 Å². The van der Waals surface area contributed by atoms with E-state index >= 15 is 0 Å². The van der Waals surface area contributed by atoms with Crippen LogP contribution in [-0.2, 0) is 25.9 Å². The monoisotopic (exact) mass is 255 g/mol. The van der Waals surface area contributed by atoms with E-state index in [2.05, 4.69) is 0 Å². The first-order valence-corrected chi connectivity index (χ1v) is 0.928. The van der Waals surface area contributed by atoms with Gasteiger partial charge in [0.2, 0.25) is 0 Å². The van der Waals surface area contributed by atoms with E-state index in [1.807, 2.05) is 0 Å². The number of carboxylic acids is 1. The molecule has 5 heavy (non-hydrogen) atoms. The zero-order chi connectivity index (χ0) is 3.58. The van der Waals surface area contributed by atoms with Crippen LogP contribution >= 0.6 is 0 Å². The smallest absolute Gasteiger partial charge is 0.300 e. The van der Waals surface area contributed by atoms with Gasteiger partial charge in [0.1, 0.15) is 0 Å². The molecular formula is C2H4O2Pt. The van der Waals surface area contributed by atoms with E-state index in [-0.39, 0.29) is 21.1 Å². The molecule has 0 unspecified atom stereocenters. The van der Waals surface area contributed by atoms with Crippen molar-refractivity contribution in [3.63, 3.8) is 0 Å². The summed E-state index contributed by atoms with van der Waals surface area (Å²) in [7, 11) is 0. The molecule has 0 aliphatic carbocycles. The number of aliphatic carboxylic acids is 1. The van der Waals surface area contributed by atoms with E-state index < -0.39 is 5.97 Å². The first-order chi connectivity index (χ1) is 1.73. The van der Waals surface area contributed by atoms with E-state index in [1.165, 1.54) is 0 Å². The SMILES string of the molecule is CC(=O)O.[Pt]. The third-order valence-corrected chi connectivity index (χ3v) is 0. The summed E-state index contributed by atoms with van der Waals surface area (Å²) in [5.41, 5.74) is 0. The Morgan fingerprint density at radius 3 is 1.80 bits per heavy atom. The molecule has 0 bridgehead atoms. The van der Waals surface area contributed by atoms with Gasteiger partial charge in [-0.1, -0.05) is 0 Å². The van der Waals surface area contributed by atoms with Gasteiger partial charge in [0.05, 0.1) is 0 Å². The van der Waals surface area contributed by atoms with Gasteiger partial charge in [-0.15, -0.1) is 0 Å². The molecule has 0 fully saturated rings. The van der Waals surface area contributed by atoms with E-state index in [4.69, 9.17) is 9.90 Å². The van der Waals surface area contributed by atoms with Crippen molar-refractivity contribution in [2.45, 2.75) is 6.92 Å². The van der Waals surface area contributed by atoms with Crippen molar-refractivity contribution in [2.24, 2.45) is 0 Å². The van der Waals surface area contributed by atoms with Crippen LogP contribution in [0.5, 0.6) is 0 Å². The van der Waals surface area contributed by atoms with E-state index in [0.29, 0.717) is 0 Å². The molecular weight excluding hydrogens is 251 g/mol. The maximum absolute atomic E-state index is 9.00. The molecule has 0 heterocycles. The molecule has 0 rings (SSSR count). The van der Waals surface area contributed by atoms with Gasteiger partial charge < -0.3 is 5.11 Å². The summed E-state index contributed by atoms with van der Waals surface area (Å²) < 4.78 is 0. The largest absolute Gasteiger partial charge is 0.481 e. The number of hydrogen-bond donors (Lipinski definition) is 1. The van der Waals surface area contributed by atoms with Crippen molar-refractivity contribution in [3.8, 4) is 0 Å². The molecule has 0 amide bonds. The zero-order valence-electron chi connectivity index (χ0n) is 2.67. The second kappa shape index (κ2) is 4.16. The van der Waals surface area contributed by atoms with E-state index in [1.54, 1.807) is 0 Å². The topological polar surface area (TPSA) is 37.3 Å². The second-order valence-electron chi connectivity index (χ2n) is 0.519. The van der Waals surface area contributed by atoms with Gasteiger partial charge in [0.15, 0.2) is 0 Å². The van der Waals surface area contributed by atoms with Crippen molar-refractivity contribution in [1.82, 2.24) is 0 Å². The standard InChI is InChI=1S/C2H4O2.Pt/c1-2(3)4;/h1H3,(H,3,4);. The zero-order valence-corrected chi connectivity index (χ0v) is 4.94. The fraction of sp³-hybridized carbons (Fsp3) is 0.500. The molecule has 0 aliphatic rings. The maximum Gasteiger partial charge on any atom is 0.300 e. The Morgan fingerprint density at radius 2 is 1.80 bits per heavy atom. The summed E-state index contributed by atoms with van der Waals surface area (Å²) in [6.45, 7) is 1.08. The predicted molar refractivity (Wildman–Crippen MR) is 13.3 cm³/mol. The first-order valence-electron chi connectivity index (χ1n) is 0.928. The summed E-state index contributed by atoms with van der Waals surface area (Å²) in [4.78, 5) is 9.00. The maximum atomic E-state index is 9.00. The Labute approximate surface area is 44.4 Å². The van der Waals surface area contributed by atoms with Gasteiger partial charge in [-0.2, -0.15) is 0 Å². The minimum atomic E-state index is -0.833. The van der Waals surface area contributed by atoms with Gasteiger partial charge in [0.25, 0.3) is 5.97 Å². The van der Waals surface area contributed by atoms with Gasteiger partial charge in [-0.25, -0.2) is 0 Å². The summed E-state index contributed by atoms with van der Waals surface area (Å²) in [6, 6.07) is 0. The van der Waals surface area contributed by atoms with Crippen LogP contribution in [0.2, 0.25) is 0 Å². The van der Waals surface area contributed by atoms with Crippen molar-refractivity contribution >= 4 is 5.97 Å². The Morgan fingerprint density at radius 1 is 1.80 bits per heavy atom. The van der Waals surface area contributed by atoms with Crippen LogP contribution in [0.25, 0.3) is 0 Å². The Bertz CT molecular complexity index is 30.6. The van der Waals surface area contributed by atoms with Crippen LogP contribution in [0, 0.1) is 0 Å². The number of carboxylic acid groups (broad SMARTS) is 1. The van der Waals surface area contributed by atoms with Crippen molar-refractivity contribution in [3.05, 3.63) is 0 Å². The van der Waals surface area contributed by atoms with Crippen molar-refractivity contribution in [2.75, 3.05) is 0 Å². The third kappa shape index (κ3) is 773. The molecule has 3 heteroatoms. The molecule has 0 saturated heterocycles.